The second-order valence-electron chi connectivity index (χ2n) is 9.57. The highest BCUT2D eigenvalue weighted by Gasteiger charge is 2.39. The molecule has 2 aromatic rings. The first-order valence-electron chi connectivity index (χ1n) is 12.2. The van der Waals surface area contributed by atoms with Gasteiger partial charge in [-0.15, -0.1) is 0 Å². The van der Waals surface area contributed by atoms with Crippen LogP contribution in [0.3, 0.4) is 0 Å². The number of nitrogens with zero attached hydrogens (tertiary/aromatic N) is 3. The maximum absolute atomic E-state index is 13.0. The van der Waals surface area contributed by atoms with Crippen LogP contribution < -0.4 is 5.32 Å². The van der Waals surface area contributed by atoms with Gasteiger partial charge in [-0.2, -0.15) is 5.10 Å². The van der Waals surface area contributed by atoms with Gasteiger partial charge in [-0.05, 0) is 51.2 Å². The largest absolute Gasteiger partial charge is 0.468 e. The molecule has 1 aliphatic heterocycles. The molecule has 0 unspecified atom stereocenters. The van der Waals surface area contributed by atoms with E-state index in [-0.39, 0.29) is 30.4 Å². The summed E-state index contributed by atoms with van der Waals surface area (Å²) in [6.07, 6.45) is 7.21. The molecule has 1 aromatic heterocycles. The van der Waals surface area contributed by atoms with Gasteiger partial charge in [0.25, 0.3) is 0 Å². The Hall–Kier alpha value is -2.67. The van der Waals surface area contributed by atoms with Gasteiger partial charge in [0, 0.05) is 30.4 Å². The van der Waals surface area contributed by atoms with Crippen LogP contribution in [0.1, 0.15) is 55.5 Å². The Morgan fingerprint density at radius 1 is 1.12 bits per heavy atom. The van der Waals surface area contributed by atoms with Crippen molar-refractivity contribution in [1.29, 1.82) is 0 Å². The van der Waals surface area contributed by atoms with Gasteiger partial charge in [0.15, 0.2) is 0 Å². The number of aromatic nitrogens is 2. The molecule has 2 atom stereocenters. The Morgan fingerprint density at radius 2 is 1.85 bits per heavy atom. The van der Waals surface area contributed by atoms with Gasteiger partial charge in [0.2, 0.25) is 5.91 Å². The van der Waals surface area contributed by atoms with Gasteiger partial charge in [-0.3, -0.25) is 14.5 Å². The number of benzene rings is 1. The fourth-order valence-electron chi connectivity index (χ4n) is 5.48. The summed E-state index contributed by atoms with van der Waals surface area (Å²) >= 11 is 0. The molecular formula is C26H36N4O3. The normalized spacial score (nSPS) is 21.8. The highest BCUT2D eigenvalue weighted by Crippen LogP contribution is 2.28. The van der Waals surface area contributed by atoms with E-state index in [9.17, 15) is 9.59 Å². The third-order valence-corrected chi connectivity index (χ3v) is 7.24. The number of para-hydroxylation sites is 1. The molecular weight excluding hydrogens is 416 g/mol. The molecule has 1 aliphatic carbocycles. The molecule has 178 valence electrons. The van der Waals surface area contributed by atoms with Gasteiger partial charge >= 0.3 is 5.97 Å². The van der Waals surface area contributed by atoms with Gasteiger partial charge in [0.05, 0.1) is 24.9 Å². The lowest BCUT2D eigenvalue weighted by Crippen LogP contribution is -2.41. The number of hydrogen-bond acceptors (Lipinski definition) is 5. The van der Waals surface area contributed by atoms with Crippen LogP contribution in [0.5, 0.6) is 0 Å². The average Bonchev–Trinajstić information content (AvgIpc) is 3.35. The number of ether oxygens (including phenoxy) is 1. The zero-order chi connectivity index (χ0) is 23.4. The van der Waals surface area contributed by atoms with E-state index in [0.29, 0.717) is 18.9 Å². The number of amides is 1. The quantitative estimate of drug-likeness (QED) is 0.652. The predicted molar refractivity (Wildman–Crippen MR) is 127 cm³/mol. The molecule has 1 aromatic carbocycles. The standard InChI is InChI=1S/C26H36N4O3/c1-18-23(19(2)30(28-18)22-12-8-5-9-13-22)15-25(31)27-21-14-24(26(32)33-3)29(17-21)16-20-10-6-4-7-11-20/h5,8-9,12-13,20-21,24H,4,6-7,10-11,14-17H2,1-3H3,(H,27,31)/t21-,24+/m1/s1. The van der Waals surface area contributed by atoms with Crippen molar-refractivity contribution in [2.45, 2.75) is 70.9 Å². The van der Waals surface area contributed by atoms with Crippen LogP contribution in [0.4, 0.5) is 0 Å². The van der Waals surface area contributed by atoms with E-state index in [4.69, 9.17) is 4.74 Å². The first-order chi connectivity index (χ1) is 16.0. The number of carbonyl (C=O) groups is 2. The molecule has 2 aliphatic rings. The molecule has 1 amide bonds. The Bertz CT molecular complexity index is 965. The van der Waals surface area contributed by atoms with Crippen molar-refractivity contribution >= 4 is 11.9 Å². The number of likely N-dealkylation sites (tertiary alicyclic amines) is 1. The molecule has 1 saturated heterocycles. The van der Waals surface area contributed by atoms with Gasteiger partial charge in [-0.1, -0.05) is 37.5 Å². The number of hydrogen-bond donors (Lipinski definition) is 1. The third kappa shape index (κ3) is 5.46. The average molecular weight is 453 g/mol. The molecule has 1 saturated carbocycles. The fraction of sp³-hybridized carbons (Fsp3) is 0.577. The number of aryl methyl sites for hydroxylation is 1. The van der Waals surface area contributed by atoms with Crippen LogP contribution in [0.15, 0.2) is 30.3 Å². The Kier molecular flexibility index (Phi) is 7.48. The first-order valence-corrected chi connectivity index (χ1v) is 12.2. The van der Waals surface area contributed by atoms with Gasteiger partial charge < -0.3 is 10.1 Å². The lowest BCUT2D eigenvalue weighted by atomic mass is 9.89. The lowest BCUT2D eigenvalue weighted by molar-refractivity contribution is -0.146. The van der Waals surface area contributed by atoms with Crippen LogP contribution in [0, 0.1) is 19.8 Å². The van der Waals surface area contributed by atoms with Crippen molar-refractivity contribution < 1.29 is 14.3 Å². The molecule has 7 heteroatoms. The van der Waals surface area contributed by atoms with Crippen LogP contribution in [-0.2, 0) is 20.7 Å². The van der Waals surface area contributed by atoms with Crippen LogP contribution in [-0.4, -0.2) is 58.8 Å². The number of methoxy groups -OCH3 is 1. The van der Waals surface area contributed by atoms with E-state index in [1.807, 2.05) is 48.9 Å². The second-order valence-corrected chi connectivity index (χ2v) is 9.57. The zero-order valence-corrected chi connectivity index (χ0v) is 20.0. The van der Waals surface area contributed by atoms with E-state index in [1.165, 1.54) is 39.2 Å². The molecule has 0 radical (unpaired) electrons. The Labute approximate surface area is 196 Å². The third-order valence-electron chi connectivity index (χ3n) is 7.24. The molecule has 0 bridgehead atoms. The van der Waals surface area contributed by atoms with Crippen LogP contribution >= 0.6 is 0 Å². The molecule has 2 fully saturated rings. The summed E-state index contributed by atoms with van der Waals surface area (Å²) in [5.41, 5.74) is 3.79. The summed E-state index contributed by atoms with van der Waals surface area (Å²) in [5.74, 6) is 0.412. The molecule has 2 heterocycles. The van der Waals surface area contributed by atoms with Crippen molar-refractivity contribution in [3.63, 3.8) is 0 Å². The van der Waals surface area contributed by atoms with Crippen molar-refractivity contribution in [2.24, 2.45) is 5.92 Å². The van der Waals surface area contributed by atoms with Crippen molar-refractivity contribution in [3.8, 4) is 5.69 Å². The maximum Gasteiger partial charge on any atom is 0.323 e. The van der Waals surface area contributed by atoms with Gasteiger partial charge in [-0.25, -0.2) is 4.68 Å². The topological polar surface area (TPSA) is 76.5 Å². The summed E-state index contributed by atoms with van der Waals surface area (Å²) in [6.45, 7) is 5.56. The SMILES string of the molecule is COC(=O)[C@@H]1C[C@@H](NC(=O)Cc2c(C)nn(-c3ccccc3)c2C)CN1CC1CCCCC1. The molecule has 0 spiro atoms. The lowest BCUT2D eigenvalue weighted by Gasteiger charge is -2.29. The van der Waals surface area contributed by atoms with E-state index >= 15 is 0 Å². The monoisotopic (exact) mass is 452 g/mol. The molecule has 4 rings (SSSR count). The molecule has 33 heavy (non-hydrogen) atoms. The summed E-state index contributed by atoms with van der Waals surface area (Å²) in [5, 5.41) is 7.84. The Balaban J connectivity index is 1.40. The summed E-state index contributed by atoms with van der Waals surface area (Å²) in [7, 11) is 1.45. The minimum absolute atomic E-state index is 0.0260. The summed E-state index contributed by atoms with van der Waals surface area (Å²) in [4.78, 5) is 27.6. The van der Waals surface area contributed by atoms with Crippen molar-refractivity contribution in [3.05, 3.63) is 47.3 Å². The minimum Gasteiger partial charge on any atom is -0.468 e. The van der Waals surface area contributed by atoms with E-state index in [0.717, 1.165) is 29.2 Å². The van der Waals surface area contributed by atoms with Crippen LogP contribution in [0.25, 0.3) is 5.69 Å². The first kappa shape index (κ1) is 23.5. The number of rotatable bonds is 7. The number of carbonyl (C=O) groups excluding carboxylic acids is 2. The number of esters is 1. The highest BCUT2D eigenvalue weighted by atomic mass is 16.5. The second kappa shape index (κ2) is 10.5. The summed E-state index contributed by atoms with van der Waals surface area (Å²) < 4.78 is 6.97. The van der Waals surface area contributed by atoms with E-state index < -0.39 is 0 Å². The fourth-order valence-corrected chi connectivity index (χ4v) is 5.48. The summed E-state index contributed by atoms with van der Waals surface area (Å²) in [6, 6.07) is 9.64. The van der Waals surface area contributed by atoms with E-state index in [1.54, 1.807) is 0 Å². The molecule has 7 nitrogen and oxygen atoms in total. The smallest absolute Gasteiger partial charge is 0.323 e. The molecule has 1 N–H and O–H groups in total. The van der Waals surface area contributed by atoms with E-state index in [2.05, 4.69) is 15.3 Å². The highest BCUT2D eigenvalue weighted by molar-refractivity contribution is 5.80. The van der Waals surface area contributed by atoms with Crippen molar-refractivity contribution in [1.82, 2.24) is 20.0 Å². The minimum atomic E-state index is -0.272. The Morgan fingerprint density at radius 3 is 2.55 bits per heavy atom. The zero-order valence-electron chi connectivity index (χ0n) is 20.0. The maximum atomic E-state index is 13.0. The number of nitrogens with one attached hydrogen (secondary N) is 1. The van der Waals surface area contributed by atoms with Gasteiger partial charge in [0.1, 0.15) is 6.04 Å². The van der Waals surface area contributed by atoms with Crippen LogP contribution in [0.2, 0.25) is 0 Å². The predicted octanol–water partition coefficient (Wildman–Crippen LogP) is 3.34. The van der Waals surface area contributed by atoms with Crippen molar-refractivity contribution in [2.75, 3.05) is 20.2 Å².